The Morgan fingerprint density at radius 3 is 2.35 bits per heavy atom. The van der Waals surface area contributed by atoms with Crippen molar-refractivity contribution in [3.8, 4) is 22.8 Å². The van der Waals surface area contributed by atoms with Gasteiger partial charge in [-0.05, 0) is 74.7 Å². The van der Waals surface area contributed by atoms with E-state index in [0.29, 0.717) is 41.4 Å². The highest BCUT2D eigenvalue weighted by Crippen LogP contribution is 2.41. The van der Waals surface area contributed by atoms with Gasteiger partial charge >= 0.3 is 0 Å². The molecule has 2 aromatic carbocycles. The van der Waals surface area contributed by atoms with Gasteiger partial charge in [0, 0.05) is 12.6 Å². The predicted octanol–water partition coefficient (Wildman–Crippen LogP) is 4.28. The molecule has 0 amide bonds. The van der Waals surface area contributed by atoms with Crippen molar-refractivity contribution in [2.24, 2.45) is 5.73 Å². The first-order valence-electron chi connectivity index (χ1n) is 10.2. The largest absolute Gasteiger partial charge is 0.457 e. The number of hydrogen-bond donors (Lipinski definition) is 4. The van der Waals surface area contributed by atoms with Crippen LogP contribution < -0.4 is 15.8 Å². The molecule has 0 aliphatic heterocycles. The molecule has 2 unspecified atom stereocenters. The van der Waals surface area contributed by atoms with Gasteiger partial charge in [-0.3, -0.25) is 5.41 Å². The van der Waals surface area contributed by atoms with Crippen molar-refractivity contribution in [2.45, 2.75) is 37.8 Å². The Morgan fingerprint density at radius 1 is 1.23 bits per heavy atom. The van der Waals surface area contributed by atoms with E-state index in [4.69, 9.17) is 21.0 Å². The van der Waals surface area contributed by atoms with Gasteiger partial charge < -0.3 is 20.9 Å². The zero-order valence-electron chi connectivity index (χ0n) is 17.5. The molecule has 1 saturated carbocycles. The Balaban J connectivity index is 1.67. The lowest BCUT2D eigenvalue weighted by atomic mass is 10.1. The summed E-state index contributed by atoms with van der Waals surface area (Å²) < 4.78 is 20.7. The molecule has 5 N–H and O–H groups in total. The van der Waals surface area contributed by atoms with E-state index in [1.54, 1.807) is 31.3 Å². The van der Waals surface area contributed by atoms with Gasteiger partial charge in [-0.1, -0.05) is 0 Å². The maximum atomic E-state index is 13.1. The maximum Gasteiger partial charge on any atom is 0.136 e. The third kappa shape index (κ3) is 4.25. The molecule has 162 valence electrons. The SMILES string of the molecule is CNc1c(C(=N)N)c(-c2ccc(Oc3ccc(F)cc3)cc2)nn1C1CCC(C)(O)C1. The summed E-state index contributed by atoms with van der Waals surface area (Å²) >= 11 is 0. The van der Waals surface area contributed by atoms with Crippen molar-refractivity contribution >= 4 is 11.7 Å². The van der Waals surface area contributed by atoms with Gasteiger partial charge in [0.15, 0.2) is 0 Å². The molecular formula is C23H26FN5O2. The molecule has 31 heavy (non-hydrogen) atoms. The van der Waals surface area contributed by atoms with Crippen LogP contribution in [-0.4, -0.2) is 33.4 Å². The van der Waals surface area contributed by atoms with Crippen LogP contribution in [-0.2, 0) is 0 Å². The summed E-state index contributed by atoms with van der Waals surface area (Å²) in [4.78, 5) is 0. The summed E-state index contributed by atoms with van der Waals surface area (Å²) in [7, 11) is 1.77. The Morgan fingerprint density at radius 2 is 1.84 bits per heavy atom. The van der Waals surface area contributed by atoms with Gasteiger partial charge in [-0.2, -0.15) is 5.10 Å². The van der Waals surface area contributed by atoms with E-state index in [1.165, 1.54) is 12.1 Å². The lowest BCUT2D eigenvalue weighted by Gasteiger charge is -2.18. The standard InChI is InChI=1S/C23H26FN5O2/c1-23(30)12-11-16(13-23)29-22(27-2)19(21(25)26)20(28-29)14-3-7-17(8-4-14)31-18-9-5-15(24)6-10-18/h3-10,16,27,30H,11-13H2,1-2H3,(H3,25,26). The molecule has 0 bridgehead atoms. The molecule has 2 atom stereocenters. The molecule has 4 rings (SSSR count). The van der Waals surface area contributed by atoms with Crippen molar-refractivity contribution in [3.05, 3.63) is 59.9 Å². The average molecular weight is 423 g/mol. The van der Waals surface area contributed by atoms with E-state index in [0.717, 1.165) is 12.0 Å². The number of nitrogens with zero attached hydrogens (tertiary/aromatic N) is 2. The van der Waals surface area contributed by atoms with Crippen LogP contribution in [0.1, 0.15) is 37.8 Å². The van der Waals surface area contributed by atoms with Crippen LogP contribution in [0.25, 0.3) is 11.3 Å². The van der Waals surface area contributed by atoms with Crippen LogP contribution in [0.5, 0.6) is 11.5 Å². The zero-order valence-corrected chi connectivity index (χ0v) is 17.5. The molecule has 0 spiro atoms. The van der Waals surface area contributed by atoms with Gasteiger partial charge in [-0.25, -0.2) is 9.07 Å². The highest BCUT2D eigenvalue weighted by molar-refractivity contribution is 6.05. The average Bonchev–Trinajstić information content (AvgIpc) is 3.30. The van der Waals surface area contributed by atoms with E-state index in [-0.39, 0.29) is 17.7 Å². The van der Waals surface area contributed by atoms with Crippen LogP contribution in [0.3, 0.4) is 0 Å². The summed E-state index contributed by atoms with van der Waals surface area (Å²) in [5, 5.41) is 26.4. The van der Waals surface area contributed by atoms with Crippen molar-refractivity contribution in [2.75, 3.05) is 12.4 Å². The zero-order chi connectivity index (χ0) is 22.2. The monoisotopic (exact) mass is 423 g/mol. The Labute approximate surface area is 180 Å². The van der Waals surface area contributed by atoms with E-state index in [2.05, 4.69) is 5.32 Å². The number of anilines is 1. The molecule has 1 aromatic heterocycles. The van der Waals surface area contributed by atoms with Gasteiger partial charge in [0.1, 0.15) is 34.7 Å². The van der Waals surface area contributed by atoms with Gasteiger partial charge in [0.05, 0.1) is 17.2 Å². The summed E-state index contributed by atoms with van der Waals surface area (Å²) in [6.07, 6.45) is 2.08. The van der Waals surface area contributed by atoms with E-state index < -0.39 is 5.60 Å². The van der Waals surface area contributed by atoms with Gasteiger partial charge in [0.2, 0.25) is 0 Å². The molecule has 1 heterocycles. The molecular weight excluding hydrogens is 397 g/mol. The van der Waals surface area contributed by atoms with Crippen LogP contribution in [0.2, 0.25) is 0 Å². The topological polar surface area (TPSA) is 109 Å². The van der Waals surface area contributed by atoms with Crippen LogP contribution in [0.15, 0.2) is 48.5 Å². The molecule has 0 radical (unpaired) electrons. The first-order chi connectivity index (χ1) is 14.8. The number of nitrogen functional groups attached to an aromatic ring is 1. The minimum atomic E-state index is -0.725. The summed E-state index contributed by atoms with van der Waals surface area (Å²) in [6.45, 7) is 1.84. The van der Waals surface area contributed by atoms with Gasteiger partial charge in [-0.15, -0.1) is 0 Å². The van der Waals surface area contributed by atoms with Crippen molar-refractivity contribution in [1.82, 2.24) is 9.78 Å². The normalized spacial score (nSPS) is 20.6. The number of amidine groups is 1. The van der Waals surface area contributed by atoms with E-state index >= 15 is 0 Å². The van der Waals surface area contributed by atoms with Gasteiger partial charge in [0.25, 0.3) is 0 Å². The maximum absolute atomic E-state index is 13.1. The molecule has 8 heteroatoms. The molecule has 3 aromatic rings. The molecule has 0 saturated heterocycles. The first-order valence-corrected chi connectivity index (χ1v) is 10.2. The second kappa shape index (κ2) is 8.03. The number of aromatic nitrogens is 2. The Hall–Kier alpha value is -3.39. The van der Waals surface area contributed by atoms with Crippen LogP contribution >= 0.6 is 0 Å². The molecule has 7 nitrogen and oxygen atoms in total. The number of rotatable bonds is 6. The third-order valence-corrected chi connectivity index (χ3v) is 5.63. The summed E-state index contributed by atoms with van der Waals surface area (Å²) in [5.74, 6) is 1.39. The van der Waals surface area contributed by atoms with Crippen molar-refractivity contribution in [1.29, 1.82) is 5.41 Å². The minimum absolute atomic E-state index is 0.0189. The number of aliphatic hydroxyl groups is 1. The van der Waals surface area contributed by atoms with Crippen molar-refractivity contribution < 1.29 is 14.2 Å². The number of hydrogen-bond acceptors (Lipinski definition) is 5. The smallest absolute Gasteiger partial charge is 0.136 e. The number of nitrogens with two attached hydrogens (primary N) is 1. The number of ether oxygens (including phenoxy) is 1. The van der Waals surface area contributed by atoms with Crippen LogP contribution in [0.4, 0.5) is 10.2 Å². The third-order valence-electron chi connectivity index (χ3n) is 5.63. The minimum Gasteiger partial charge on any atom is -0.457 e. The highest BCUT2D eigenvalue weighted by atomic mass is 19.1. The van der Waals surface area contributed by atoms with E-state index in [1.807, 2.05) is 23.7 Å². The molecule has 1 aliphatic rings. The second-order valence-electron chi connectivity index (χ2n) is 8.15. The summed E-state index contributed by atoms with van der Waals surface area (Å²) in [6, 6.07) is 13.1. The fourth-order valence-electron chi connectivity index (χ4n) is 4.11. The quantitative estimate of drug-likeness (QED) is 0.349. The lowest BCUT2D eigenvalue weighted by molar-refractivity contribution is 0.0636. The Kier molecular flexibility index (Phi) is 5.41. The fraction of sp³-hybridized carbons (Fsp3) is 0.304. The lowest BCUT2D eigenvalue weighted by Crippen LogP contribution is -2.20. The Bertz CT molecular complexity index is 1090. The number of benzene rings is 2. The first kappa shape index (κ1) is 20.9. The number of halogens is 1. The number of nitrogens with one attached hydrogen (secondary N) is 2. The molecule has 1 fully saturated rings. The van der Waals surface area contributed by atoms with Crippen molar-refractivity contribution in [3.63, 3.8) is 0 Å². The fourth-order valence-corrected chi connectivity index (χ4v) is 4.11. The summed E-state index contributed by atoms with van der Waals surface area (Å²) in [5.41, 5.74) is 7.11. The van der Waals surface area contributed by atoms with Crippen LogP contribution in [0, 0.1) is 11.2 Å². The predicted molar refractivity (Wildman–Crippen MR) is 118 cm³/mol. The second-order valence-corrected chi connectivity index (χ2v) is 8.15. The molecule has 1 aliphatic carbocycles. The van der Waals surface area contributed by atoms with E-state index in [9.17, 15) is 9.50 Å². The highest BCUT2D eigenvalue weighted by Gasteiger charge is 2.36.